The highest BCUT2D eigenvalue weighted by Crippen LogP contribution is 2.38. The van der Waals surface area contributed by atoms with Crippen LogP contribution in [-0.4, -0.2) is 98.7 Å². The number of aryl methyl sites for hydroxylation is 1. The molecule has 0 bridgehead atoms. The van der Waals surface area contributed by atoms with Crippen LogP contribution in [0.2, 0.25) is 0 Å². The summed E-state index contributed by atoms with van der Waals surface area (Å²) < 4.78 is 1.52. The molecule has 4 aliphatic heterocycles. The quantitative estimate of drug-likeness (QED) is 0.0977. The number of anilines is 1. The van der Waals surface area contributed by atoms with E-state index in [1.807, 2.05) is 18.2 Å². The molecule has 5 aliphatic rings. The van der Waals surface area contributed by atoms with Gasteiger partial charge in [0.2, 0.25) is 0 Å². The third kappa shape index (κ3) is 3.97. The SMILES string of the molecule is NC1=[NH+][C@H]2[C@H](CN3C(=O)CN(c4ccccc4)C3=O)NC(N)=[N+]3CC(NC(=O)c4cccc5c4CCCC5)C(O)(O)C23N1. The first-order valence-electron chi connectivity index (χ1n) is 14.5. The van der Waals surface area contributed by atoms with Crippen LogP contribution in [0.4, 0.5) is 10.5 Å². The van der Waals surface area contributed by atoms with E-state index < -0.39 is 47.4 Å². The van der Waals surface area contributed by atoms with E-state index in [4.69, 9.17) is 11.5 Å². The Morgan fingerprint density at radius 1 is 1.09 bits per heavy atom. The highest BCUT2D eigenvalue weighted by molar-refractivity contribution is 6.12. The smallest absolute Gasteiger partial charge is 0.347 e. The molecule has 10 N–H and O–H groups in total. The Balaban J connectivity index is 1.17. The Morgan fingerprint density at radius 2 is 1.86 bits per heavy atom. The standard InChI is InChI=1S/C29H33N9O5/c30-25-34-23-20(13-37-22(39)15-36(27(37)41)17-9-2-1-3-10-17)32-26(31)38-14-21(29(42,43)28(23,38)35-25)33-24(40)19-12-6-8-16-7-4-5-11-18(16)19/h1-3,6,8-10,12,20-21,23,42-43H,4-5,7,11,13-15H2,(H6,30,31,32,33,34,35,40)/p+2/t20-,21?,23-,28?/m0/s1. The lowest BCUT2D eigenvalue weighted by Crippen LogP contribution is -2.92. The van der Waals surface area contributed by atoms with Crippen LogP contribution in [0.25, 0.3) is 0 Å². The number of guanidine groups is 2. The Labute approximate surface area is 247 Å². The van der Waals surface area contributed by atoms with E-state index in [-0.39, 0.29) is 31.6 Å². The lowest BCUT2D eigenvalue weighted by molar-refractivity contribution is -0.674. The largest absolute Gasteiger partial charge is 0.358 e. The molecule has 14 nitrogen and oxygen atoms in total. The number of rotatable bonds is 5. The van der Waals surface area contributed by atoms with Gasteiger partial charge in [0.05, 0.1) is 13.1 Å². The van der Waals surface area contributed by atoms with Crippen LogP contribution in [-0.2, 0) is 17.6 Å². The third-order valence-electron chi connectivity index (χ3n) is 9.40. The number of nitrogens with two attached hydrogens (primary N) is 2. The average molecular weight is 590 g/mol. The minimum Gasteiger partial charge on any atom is -0.358 e. The summed E-state index contributed by atoms with van der Waals surface area (Å²) in [6, 6.07) is 11.2. The van der Waals surface area contributed by atoms with Gasteiger partial charge in [0, 0.05) is 11.3 Å². The lowest BCUT2D eigenvalue weighted by Gasteiger charge is -2.41. The number of carbonyl (C=O) groups excluding carboxylic acids is 3. The number of carbonyl (C=O) groups is 3. The number of para-hydroxylation sites is 1. The summed E-state index contributed by atoms with van der Waals surface area (Å²) in [6.07, 6.45) is 3.73. The van der Waals surface area contributed by atoms with Gasteiger partial charge in [0.1, 0.15) is 18.6 Å². The van der Waals surface area contributed by atoms with Gasteiger partial charge in [-0.25, -0.2) is 14.7 Å². The van der Waals surface area contributed by atoms with Gasteiger partial charge in [-0.15, -0.1) is 0 Å². The van der Waals surface area contributed by atoms with Gasteiger partial charge < -0.3 is 15.5 Å². The second-order valence-corrected chi connectivity index (χ2v) is 11.8. The Bertz CT molecular complexity index is 1590. The van der Waals surface area contributed by atoms with Crippen LogP contribution in [0.5, 0.6) is 0 Å². The zero-order valence-corrected chi connectivity index (χ0v) is 23.4. The number of hydrogen-bond acceptors (Lipinski definition) is 9. The van der Waals surface area contributed by atoms with Gasteiger partial charge in [0.15, 0.2) is 6.04 Å². The fraction of sp³-hybridized carbons (Fsp3) is 0.414. The summed E-state index contributed by atoms with van der Waals surface area (Å²) in [4.78, 5) is 45.5. The van der Waals surface area contributed by atoms with Gasteiger partial charge in [-0.1, -0.05) is 30.3 Å². The van der Waals surface area contributed by atoms with Crippen molar-refractivity contribution in [1.82, 2.24) is 20.9 Å². The maximum absolute atomic E-state index is 13.6. The van der Waals surface area contributed by atoms with Crippen LogP contribution in [0.1, 0.15) is 34.3 Å². The summed E-state index contributed by atoms with van der Waals surface area (Å²) in [5.41, 5.74) is 14.1. The van der Waals surface area contributed by atoms with Crippen molar-refractivity contribution in [2.45, 2.75) is 55.3 Å². The molecule has 4 heterocycles. The molecule has 1 aliphatic carbocycles. The first kappa shape index (κ1) is 27.2. The van der Waals surface area contributed by atoms with Crippen LogP contribution < -0.4 is 37.3 Å². The molecule has 2 fully saturated rings. The molecule has 4 amide bonds. The van der Waals surface area contributed by atoms with Gasteiger partial charge >= 0.3 is 18.0 Å². The molecule has 2 aromatic carbocycles. The molecule has 43 heavy (non-hydrogen) atoms. The van der Waals surface area contributed by atoms with Crippen LogP contribution in [0, 0.1) is 0 Å². The predicted molar refractivity (Wildman–Crippen MR) is 153 cm³/mol. The van der Waals surface area contributed by atoms with Crippen molar-refractivity contribution in [3.63, 3.8) is 0 Å². The first-order chi connectivity index (χ1) is 20.6. The van der Waals surface area contributed by atoms with Crippen LogP contribution in [0.3, 0.4) is 0 Å². The lowest BCUT2D eigenvalue weighted by atomic mass is 9.84. The maximum atomic E-state index is 13.6. The second kappa shape index (κ2) is 9.67. The molecule has 2 saturated heterocycles. The van der Waals surface area contributed by atoms with Crippen molar-refractivity contribution >= 4 is 35.5 Å². The van der Waals surface area contributed by atoms with Crippen molar-refractivity contribution < 1.29 is 34.2 Å². The Morgan fingerprint density at radius 3 is 2.65 bits per heavy atom. The summed E-state index contributed by atoms with van der Waals surface area (Å²) in [7, 11) is 0. The minimum atomic E-state index is -2.59. The molecule has 0 saturated carbocycles. The fourth-order valence-corrected chi connectivity index (χ4v) is 7.35. The zero-order chi connectivity index (χ0) is 30.1. The van der Waals surface area contributed by atoms with E-state index in [1.165, 1.54) is 9.48 Å². The molecular formula is C29H35N9O5+2. The van der Waals surface area contributed by atoms with E-state index in [2.05, 4.69) is 20.9 Å². The molecule has 14 heteroatoms. The van der Waals surface area contributed by atoms with Gasteiger partial charge in [-0.05, 0) is 55.0 Å². The molecule has 0 aromatic heterocycles. The second-order valence-electron chi connectivity index (χ2n) is 11.8. The number of hydrogen-bond donors (Lipinski definition) is 8. The molecule has 2 aromatic rings. The van der Waals surface area contributed by atoms with E-state index in [9.17, 15) is 24.6 Å². The van der Waals surface area contributed by atoms with E-state index >= 15 is 0 Å². The normalized spacial score (nSPS) is 29.0. The van der Waals surface area contributed by atoms with Crippen molar-refractivity contribution in [2.75, 3.05) is 24.5 Å². The van der Waals surface area contributed by atoms with E-state index in [0.717, 1.165) is 41.7 Å². The average Bonchev–Trinajstić information content (AvgIpc) is 3.58. The first-order valence-corrected chi connectivity index (χ1v) is 14.5. The molecular weight excluding hydrogens is 554 g/mol. The topological polar surface area (TPSA) is 203 Å². The number of aliphatic hydroxyl groups is 2. The number of fused-ring (bicyclic) bond motifs is 1. The predicted octanol–water partition coefficient (Wildman–Crippen LogP) is -3.81. The van der Waals surface area contributed by atoms with Gasteiger partial charge in [-0.3, -0.25) is 41.2 Å². The number of urea groups is 1. The zero-order valence-electron chi connectivity index (χ0n) is 23.4. The van der Waals surface area contributed by atoms with Crippen molar-refractivity contribution in [3.05, 3.63) is 65.2 Å². The van der Waals surface area contributed by atoms with E-state index in [0.29, 0.717) is 11.3 Å². The maximum Gasteiger partial charge on any atom is 0.347 e. The summed E-state index contributed by atoms with van der Waals surface area (Å²) in [5, 5.41) is 32.6. The van der Waals surface area contributed by atoms with Gasteiger partial charge in [-0.2, -0.15) is 0 Å². The van der Waals surface area contributed by atoms with Crippen LogP contribution >= 0.6 is 0 Å². The third-order valence-corrected chi connectivity index (χ3v) is 9.40. The molecule has 7 rings (SSSR count). The molecule has 1 spiro atoms. The minimum absolute atomic E-state index is 0.0538. The van der Waals surface area contributed by atoms with Crippen molar-refractivity contribution in [1.29, 1.82) is 0 Å². The fourth-order valence-electron chi connectivity index (χ4n) is 7.35. The molecule has 0 radical (unpaired) electrons. The van der Waals surface area contributed by atoms with Crippen molar-refractivity contribution in [3.8, 4) is 0 Å². The van der Waals surface area contributed by atoms with E-state index in [1.54, 1.807) is 30.3 Å². The summed E-state index contributed by atoms with van der Waals surface area (Å²) in [6.45, 7) is -0.313. The molecule has 4 atom stereocenters. The molecule has 2 unspecified atom stereocenters. The number of amides is 4. The monoisotopic (exact) mass is 589 g/mol. The Hall–Kier alpha value is -4.69. The van der Waals surface area contributed by atoms with Gasteiger partial charge in [0.25, 0.3) is 23.3 Å². The summed E-state index contributed by atoms with van der Waals surface area (Å²) >= 11 is 0. The highest BCUT2D eigenvalue weighted by Gasteiger charge is 2.78. The van der Waals surface area contributed by atoms with Crippen LogP contribution in [0.15, 0.2) is 48.5 Å². The molecule has 224 valence electrons. The highest BCUT2D eigenvalue weighted by atomic mass is 16.5. The summed E-state index contributed by atoms with van der Waals surface area (Å²) in [5.74, 6) is -3.28. The van der Waals surface area contributed by atoms with Crippen molar-refractivity contribution in [2.24, 2.45) is 11.5 Å². The Kier molecular flexibility index (Phi) is 6.11. The number of benzene rings is 2. The number of imide groups is 1. The number of nitrogens with zero attached hydrogens (tertiary/aromatic N) is 3. The number of nitrogens with one attached hydrogen (secondary N) is 4.